The summed E-state index contributed by atoms with van der Waals surface area (Å²) in [4.78, 5) is 13.1. The van der Waals surface area contributed by atoms with Gasteiger partial charge in [-0.2, -0.15) is 18.3 Å². The van der Waals surface area contributed by atoms with Crippen molar-refractivity contribution in [1.82, 2.24) is 15.1 Å². The highest BCUT2D eigenvalue weighted by molar-refractivity contribution is 6.30. The quantitative estimate of drug-likeness (QED) is 0.412. The maximum Gasteiger partial charge on any atom is 0.471 e. The zero-order valence-electron chi connectivity index (χ0n) is 18.9. The number of amides is 1. The highest BCUT2D eigenvalue weighted by Gasteiger charge is 2.46. The molecule has 0 bridgehead atoms. The van der Waals surface area contributed by atoms with Crippen LogP contribution in [0.4, 0.5) is 24.7 Å². The second-order valence-corrected chi connectivity index (χ2v) is 8.94. The number of anilines is 2. The Morgan fingerprint density at radius 3 is 2.83 bits per heavy atom. The minimum Gasteiger partial charge on any atom is -0.497 e. The standard InChI is InChI=1S/C24H25ClF3N5O2/c1-35-20-4-2-3-15(10-20)21-13-30-32-22(21)31-18-5-6-33(23(34)24(26,27)28)19(12-18)9-14-7-16(25)11-17(29)8-14/h2-4,7-8,10-11,13,18-19H,5-6,9,12,29H2,1H3,(H2,30,31,32). The molecule has 186 valence electrons. The first kappa shape index (κ1) is 24.7. The first-order chi connectivity index (χ1) is 16.6. The Bertz CT molecular complexity index is 1180. The van der Waals surface area contributed by atoms with Crippen LogP contribution >= 0.6 is 11.6 Å². The fraction of sp³-hybridized carbons (Fsp3) is 0.333. The van der Waals surface area contributed by atoms with Crippen molar-refractivity contribution in [2.45, 2.75) is 37.5 Å². The van der Waals surface area contributed by atoms with Crippen molar-refractivity contribution in [2.24, 2.45) is 0 Å². The zero-order chi connectivity index (χ0) is 25.2. The van der Waals surface area contributed by atoms with Gasteiger partial charge in [-0.15, -0.1) is 0 Å². The lowest BCUT2D eigenvalue weighted by Gasteiger charge is -2.40. The highest BCUT2D eigenvalue weighted by Crippen LogP contribution is 2.33. The van der Waals surface area contributed by atoms with E-state index in [0.29, 0.717) is 40.7 Å². The van der Waals surface area contributed by atoms with Gasteiger partial charge >= 0.3 is 12.1 Å². The summed E-state index contributed by atoms with van der Waals surface area (Å²) >= 11 is 6.09. The second-order valence-electron chi connectivity index (χ2n) is 8.50. The lowest BCUT2D eigenvalue weighted by molar-refractivity contribution is -0.189. The number of hydrogen-bond donors (Lipinski definition) is 3. The van der Waals surface area contributed by atoms with Crippen LogP contribution in [0.25, 0.3) is 11.1 Å². The molecule has 1 amide bonds. The average molecular weight is 508 g/mol. The molecule has 0 saturated carbocycles. The van der Waals surface area contributed by atoms with Crippen molar-refractivity contribution in [3.8, 4) is 16.9 Å². The van der Waals surface area contributed by atoms with Crippen LogP contribution in [-0.2, 0) is 11.2 Å². The number of nitrogens with zero attached hydrogens (tertiary/aromatic N) is 2. The number of rotatable bonds is 6. The first-order valence-electron chi connectivity index (χ1n) is 11.0. The van der Waals surface area contributed by atoms with Gasteiger partial charge in [0.2, 0.25) is 0 Å². The number of nitrogens with one attached hydrogen (secondary N) is 2. The van der Waals surface area contributed by atoms with Gasteiger partial charge in [0.15, 0.2) is 0 Å². The maximum absolute atomic E-state index is 13.3. The lowest BCUT2D eigenvalue weighted by Crippen LogP contribution is -2.54. The number of methoxy groups -OCH3 is 1. The number of benzene rings is 2. The third-order valence-corrected chi connectivity index (χ3v) is 6.26. The van der Waals surface area contributed by atoms with Gasteiger partial charge in [0, 0.05) is 34.9 Å². The Balaban J connectivity index is 1.56. The number of nitrogen functional groups attached to an aromatic ring is 1. The summed E-state index contributed by atoms with van der Waals surface area (Å²) < 4.78 is 45.2. The van der Waals surface area contributed by atoms with Crippen molar-refractivity contribution in [3.05, 3.63) is 59.2 Å². The Morgan fingerprint density at radius 1 is 1.31 bits per heavy atom. The summed E-state index contributed by atoms with van der Waals surface area (Å²) in [6, 6.07) is 11.5. The van der Waals surface area contributed by atoms with Crippen molar-refractivity contribution in [2.75, 3.05) is 24.7 Å². The third-order valence-electron chi connectivity index (χ3n) is 6.04. The van der Waals surface area contributed by atoms with Gasteiger partial charge in [-0.05, 0) is 60.7 Å². The number of hydrogen-bond acceptors (Lipinski definition) is 5. The van der Waals surface area contributed by atoms with Crippen LogP contribution in [0.1, 0.15) is 18.4 Å². The molecule has 11 heteroatoms. The van der Waals surface area contributed by atoms with E-state index in [9.17, 15) is 18.0 Å². The number of aromatic nitrogens is 2. The molecular weight excluding hydrogens is 483 g/mol. The molecule has 35 heavy (non-hydrogen) atoms. The molecule has 1 saturated heterocycles. The van der Waals surface area contributed by atoms with Crippen LogP contribution in [0.3, 0.4) is 0 Å². The Kier molecular flexibility index (Phi) is 7.11. The van der Waals surface area contributed by atoms with Crippen LogP contribution in [0, 0.1) is 0 Å². The molecule has 1 aliphatic rings. The number of aromatic amines is 1. The van der Waals surface area contributed by atoms with Gasteiger partial charge in [0.25, 0.3) is 0 Å². The Hall–Kier alpha value is -3.40. The molecule has 4 rings (SSSR count). The van der Waals surface area contributed by atoms with Crippen LogP contribution in [-0.4, -0.2) is 52.9 Å². The molecule has 1 fully saturated rings. The Labute approximate surface area is 205 Å². The van der Waals surface area contributed by atoms with E-state index in [1.165, 1.54) is 0 Å². The second kappa shape index (κ2) is 10.1. The summed E-state index contributed by atoms with van der Waals surface area (Å²) in [6.07, 6.45) is -2.45. The normalized spacial score (nSPS) is 18.4. The first-order valence-corrected chi connectivity index (χ1v) is 11.4. The summed E-state index contributed by atoms with van der Waals surface area (Å²) in [5, 5.41) is 10.8. The number of halogens is 4. The minimum atomic E-state index is -4.95. The predicted octanol–water partition coefficient (Wildman–Crippen LogP) is 4.90. The molecule has 1 aliphatic heterocycles. The monoisotopic (exact) mass is 507 g/mol. The number of carbonyl (C=O) groups excluding carboxylic acids is 1. The SMILES string of the molecule is COc1cccc(-c2cn[nH]c2NC2CCN(C(=O)C(F)(F)F)C(Cc3cc(N)cc(Cl)c3)C2)c1. The van der Waals surface area contributed by atoms with Crippen LogP contribution in [0.15, 0.2) is 48.7 Å². The highest BCUT2D eigenvalue weighted by atomic mass is 35.5. The van der Waals surface area contributed by atoms with Gasteiger partial charge in [-0.3, -0.25) is 9.89 Å². The molecule has 2 heterocycles. The van der Waals surface area contributed by atoms with Crippen LogP contribution in [0.2, 0.25) is 5.02 Å². The van der Waals surface area contributed by atoms with Gasteiger partial charge in [-0.25, -0.2) is 0 Å². The fourth-order valence-electron chi connectivity index (χ4n) is 4.48. The third kappa shape index (κ3) is 5.82. The number of piperidine rings is 1. The predicted molar refractivity (Wildman–Crippen MR) is 128 cm³/mol. The van der Waals surface area contributed by atoms with E-state index in [4.69, 9.17) is 22.1 Å². The molecule has 3 aromatic rings. The summed E-state index contributed by atoms with van der Waals surface area (Å²) in [7, 11) is 1.58. The van der Waals surface area contributed by atoms with Crippen molar-refractivity contribution in [3.63, 3.8) is 0 Å². The topological polar surface area (TPSA) is 96.3 Å². The van der Waals surface area contributed by atoms with E-state index in [1.54, 1.807) is 31.5 Å². The summed E-state index contributed by atoms with van der Waals surface area (Å²) in [5.74, 6) is -0.506. The Morgan fingerprint density at radius 2 is 2.11 bits per heavy atom. The molecule has 0 spiro atoms. The molecule has 2 aromatic carbocycles. The van der Waals surface area contributed by atoms with E-state index in [-0.39, 0.29) is 19.0 Å². The molecule has 0 aliphatic carbocycles. The molecular formula is C24H25ClF3N5O2. The van der Waals surface area contributed by atoms with Gasteiger partial charge in [-0.1, -0.05) is 23.7 Å². The fourth-order valence-corrected chi connectivity index (χ4v) is 4.75. The van der Waals surface area contributed by atoms with E-state index >= 15 is 0 Å². The molecule has 2 unspecified atom stereocenters. The minimum absolute atomic E-state index is 0.0423. The molecule has 7 nitrogen and oxygen atoms in total. The molecule has 0 radical (unpaired) electrons. The molecule has 4 N–H and O–H groups in total. The van der Waals surface area contributed by atoms with Gasteiger partial charge in [0.05, 0.1) is 13.3 Å². The lowest BCUT2D eigenvalue weighted by atomic mass is 9.91. The summed E-state index contributed by atoms with van der Waals surface area (Å²) in [5.41, 5.74) is 8.61. The van der Waals surface area contributed by atoms with Crippen LogP contribution < -0.4 is 15.8 Å². The van der Waals surface area contributed by atoms with Crippen molar-refractivity contribution in [1.29, 1.82) is 0 Å². The van der Waals surface area contributed by atoms with Gasteiger partial charge in [0.1, 0.15) is 11.6 Å². The van der Waals surface area contributed by atoms with E-state index in [0.717, 1.165) is 16.0 Å². The number of nitrogens with two attached hydrogens (primary N) is 1. The van der Waals surface area contributed by atoms with E-state index in [1.807, 2.05) is 24.3 Å². The number of carbonyl (C=O) groups is 1. The van der Waals surface area contributed by atoms with E-state index < -0.39 is 18.1 Å². The molecule has 2 atom stereocenters. The average Bonchev–Trinajstić information content (AvgIpc) is 3.26. The van der Waals surface area contributed by atoms with E-state index in [2.05, 4.69) is 15.5 Å². The number of alkyl halides is 3. The number of likely N-dealkylation sites (tertiary alicyclic amines) is 1. The van der Waals surface area contributed by atoms with Crippen molar-refractivity contribution < 1.29 is 22.7 Å². The van der Waals surface area contributed by atoms with Gasteiger partial charge < -0.3 is 20.7 Å². The largest absolute Gasteiger partial charge is 0.497 e. The number of ether oxygens (including phenoxy) is 1. The summed E-state index contributed by atoms with van der Waals surface area (Å²) in [6.45, 7) is -0.0423. The maximum atomic E-state index is 13.3. The zero-order valence-corrected chi connectivity index (χ0v) is 19.7. The van der Waals surface area contributed by atoms with Crippen molar-refractivity contribution >= 4 is 29.0 Å². The smallest absolute Gasteiger partial charge is 0.471 e. The number of H-pyrrole nitrogens is 1. The van der Waals surface area contributed by atoms with Crippen LogP contribution in [0.5, 0.6) is 5.75 Å². The molecule has 1 aromatic heterocycles.